The average Bonchev–Trinajstić information content (AvgIpc) is 3.37. The number of rotatable bonds is 6. The Morgan fingerprint density at radius 3 is 2.48 bits per heavy atom. The largest absolute Gasteiger partial charge is 0.497 e. The minimum Gasteiger partial charge on any atom is -0.497 e. The molecule has 1 atom stereocenters. The summed E-state index contributed by atoms with van der Waals surface area (Å²) >= 11 is 0. The second-order valence-electron chi connectivity index (χ2n) is 7.81. The van der Waals surface area contributed by atoms with Gasteiger partial charge < -0.3 is 24.8 Å². The van der Waals surface area contributed by atoms with Crippen LogP contribution in [0.4, 0.5) is 5.69 Å². The molecule has 2 aromatic rings. The summed E-state index contributed by atoms with van der Waals surface area (Å²) in [7, 11) is 1.60. The van der Waals surface area contributed by atoms with E-state index in [-0.39, 0.29) is 11.8 Å². The van der Waals surface area contributed by atoms with Gasteiger partial charge in [-0.15, -0.1) is 0 Å². The van der Waals surface area contributed by atoms with Gasteiger partial charge in [-0.1, -0.05) is 12.1 Å². The van der Waals surface area contributed by atoms with Crippen molar-refractivity contribution in [2.24, 2.45) is 0 Å². The maximum absolute atomic E-state index is 12.5. The molecule has 1 aliphatic heterocycles. The number of ether oxygens (including phenoxy) is 3. The van der Waals surface area contributed by atoms with Crippen molar-refractivity contribution >= 4 is 23.6 Å². The van der Waals surface area contributed by atoms with Gasteiger partial charge in [-0.3, -0.25) is 9.59 Å². The quantitative estimate of drug-likeness (QED) is 0.690. The molecule has 1 spiro atoms. The van der Waals surface area contributed by atoms with Gasteiger partial charge in [0.05, 0.1) is 7.11 Å². The number of benzene rings is 2. The van der Waals surface area contributed by atoms with Crippen LogP contribution in [-0.2, 0) is 9.59 Å². The van der Waals surface area contributed by atoms with Crippen LogP contribution >= 0.6 is 0 Å². The zero-order chi connectivity index (χ0) is 21.8. The van der Waals surface area contributed by atoms with E-state index in [0.717, 1.165) is 37.0 Å². The van der Waals surface area contributed by atoms with Crippen molar-refractivity contribution < 1.29 is 23.8 Å². The average molecular weight is 422 g/mol. The number of fused-ring (bicyclic) bond motifs is 1. The molecule has 2 aromatic carbocycles. The fraction of sp³-hybridized carbons (Fsp3) is 0.333. The van der Waals surface area contributed by atoms with Gasteiger partial charge in [0.15, 0.2) is 11.5 Å². The van der Waals surface area contributed by atoms with Crippen LogP contribution in [0.1, 0.15) is 38.2 Å². The summed E-state index contributed by atoms with van der Waals surface area (Å²) in [6, 6.07) is 11.9. The van der Waals surface area contributed by atoms with E-state index >= 15 is 0 Å². The number of hydrogen-bond donors (Lipinski definition) is 2. The Morgan fingerprint density at radius 2 is 1.77 bits per heavy atom. The molecule has 7 heteroatoms. The summed E-state index contributed by atoms with van der Waals surface area (Å²) in [4.78, 5) is 24.7. The van der Waals surface area contributed by atoms with Gasteiger partial charge in [-0.25, -0.2) is 0 Å². The Balaban J connectivity index is 1.30. The predicted molar refractivity (Wildman–Crippen MR) is 117 cm³/mol. The van der Waals surface area contributed by atoms with Gasteiger partial charge in [0.2, 0.25) is 11.8 Å². The summed E-state index contributed by atoms with van der Waals surface area (Å²) in [5.41, 5.74) is 1.45. The molecule has 31 heavy (non-hydrogen) atoms. The van der Waals surface area contributed by atoms with Crippen molar-refractivity contribution in [2.45, 2.75) is 44.4 Å². The molecular weight excluding hydrogens is 396 g/mol. The summed E-state index contributed by atoms with van der Waals surface area (Å²) in [5.74, 6) is 0.869. The van der Waals surface area contributed by atoms with Crippen LogP contribution in [-0.4, -0.2) is 30.8 Å². The van der Waals surface area contributed by atoms with Gasteiger partial charge in [0.1, 0.15) is 11.8 Å². The van der Waals surface area contributed by atoms with E-state index in [1.165, 1.54) is 6.08 Å². The van der Waals surface area contributed by atoms with Gasteiger partial charge in [0.25, 0.3) is 5.79 Å². The Bertz CT molecular complexity index is 994. The molecule has 2 amide bonds. The van der Waals surface area contributed by atoms with E-state index in [9.17, 15) is 9.59 Å². The lowest BCUT2D eigenvalue weighted by Crippen LogP contribution is -2.40. The van der Waals surface area contributed by atoms with E-state index in [2.05, 4.69) is 10.6 Å². The summed E-state index contributed by atoms with van der Waals surface area (Å²) in [5, 5.41) is 5.48. The molecule has 7 nitrogen and oxygen atoms in total. The topological polar surface area (TPSA) is 85.9 Å². The molecule has 0 aromatic heterocycles. The first-order valence-electron chi connectivity index (χ1n) is 10.4. The number of nitrogens with one attached hydrogen (secondary N) is 2. The highest BCUT2D eigenvalue weighted by Gasteiger charge is 2.44. The van der Waals surface area contributed by atoms with E-state index < -0.39 is 11.8 Å². The van der Waals surface area contributed by atoms with Gasteiger partial charge >= 0.3 is 0 Å². The zero-order valence-corrected chi connectivity index (χ0v) is 17.6. The Labute approximate surface area is 181 Å². The number of carbonyl (C=O) groups excluding carboxylic acids is 2. The Kier molecular flexibility index (Phi) is 5.84. The Hall–Kier alpha value is -3.48. The molecule has 0 saturated heterocycles. The second kappa shape index (κ2) is 8.71. The highest BCUT2D eigenvalue weighted by atomic mass is 16.7. The molecule has 0 radical (unpaired) electrons. The number of anilines is 1. The molecule has 0 bridgehead atoms. The first kappa shape index (κ1) is 20.8. The van der Waals surface area contributed by atoms with Gasteiger partial charge in [-0.05, 0) is 55.7 Å². The highest BCUT2D eigenvalue weighted by Crippen LogP contribution is 2.47. The normalized spacial score (nSPS) is 17.0. The van der Waals surface area contributed by atoms with Crippen LogP contribution in [0, 0.1) is 0 Å². The van der Waals surface area contributed by atoms with E-state index in [1.54, 1.807) is 38.3 Å². The number of amides is 2. The number of methoxy groups -OCH3 is 1. The van der Waals surface area contributed by atoms with E-state index in [1.807, 2.05) is 24.3 Å². The van der Waals surface area contributed by atoms with Crippen molar-refractivity contribution in [3.05, 3.63) is 54.1 Å². The molecule has 1 heterocycles. The monoisotopic (exact) mass is 422 g/mol. The summed E-state index contributed by atoms with van der Waals surface area (Å²) in [6.07, 6.45) is 6.99. The van der Waals surface area contributed by atoms with Crippen LogP contribution in [0.15, 0.2) is 48.5 Å². The van der Waals surface area contributed by atoms with Crippen LogP contribution in [0.3, 0.4) is 0 Å². The second-order valence-corrected chi connectivity index (χ2v) is 7.81. The molecular formula is C24H26N2O5. The van der Waals surface area contributed by atoms with E-state index in [0.29, 0.717) is 17.2 Å². The molecule has 1 fully saturated rings. The number of hydrogen-bond acceptors (Lipinski definition) is 5. The third-order valence-corrected chi connectivity index (χ3v) is 5.46. The lowest BCUT2D eigenvalue weighted by atomic mass is 10.2. The number of carbonyl (C=O) groups is 2. The third-order valence-electron chi connectivity index (χ3n) is 5.46. The molecule has 162 valence electrons. The van der Waals surface area contributed by atoms with Crippen LogP contribution in [0.25, 0.3) is 6.08 Å². The third kappa shape index (κ3) is 4.82. The van der Waals surface area contributed by atoms with Crippen LogP contribution in [0.2, 0.25) is 0 Å². The highest BCUT2D eigenvalue weighted by molar-refractivity contribution is 6.00. The maximum atomic E-state index is 12.5. The molecule has 2 aliphatic rings. The fourth-order valence-electron chi connectivity index (χ4n) is 3.75. The molecule has 2 N–H and O–H groups in total. The van der Waals surface area contributed by atoms with E-state index in [4.69, 9.17) is 14.2 Å². The molecule has 1 saturated carbocycles. The SMILES string of the molecule is COc1ccc(/C=C/C(=O)NC(C)C(=O)Nc2ccc3c(c2)OC2(CCCC2)O3)cc1. The van der Waals surface area contributed by atoms with Crippen molar-refractivity contribution in [3.63, 3.8) is 0 Å². The van der Waals surface area contributed by atoms with Crippen molar-refractivity contribution in [3.8, 4) is 17.2 Å². The first-order chi connectivity index (χ1) is 15.0. The predicted octanol–water partition coefficient (Wildman–Crippen LogP) is 3.89. The van der Waals surface area contributed by atoms with Crippen LogP contribution in [0.5, 0.6) is 17.2 Å². The summed E-state index contributed by atoms with van der Waals surface area (Å²) in [6.45, 7) is 1.63. The smallest absolute Gasteiger partial charge is 0.251 e. The maximum Gasteiger partial charge on any atom is 0.251 e. The summed E-state index contributed by atoms with van der Waals surface area (Å²) < 4.78 is 17.1. The molecule has 1 unspecified atom stereocenters. The van der Waals surface area contributed by atoms with Gasteiger partial charge in [0, 0.05) is 30.7 Å². The fourth-order valence-corrected chi connectivity index (χ4v) is 3.75. The van der Waals surface area contributed by atoms with Crippen molar-refractivity contribution in [1.29, 1.82) is 0 Å². The minimum absolute atomic E-state index is 0.319. The lowest BCUT2D eigenvalue weighted by molar-refractivity contribution is -0.123. The van der Waals surface area contributed by atoms with Gasteiger partial charge in [-0.2, -0.15) is 0 Å². The minimum atomic E-state index is -0.709. The molecule has 1 aliphatic carbocycles. The Morgan fingerprint density at radius 1 is 1.06 bits per heavy atom. The van der Waals surface area contributed by atoms with Crippen molar-refractivity contribution in [1.82, 2.24) is 5.32 Å². The zero-order valence-electron chi connectivity index (χ0n) is 17.6. The van der Waals surface area contributed by atoms with Crippen molar-refractivity contribution in [2.75, 3.05) is 12.4 Å². The molecule has 4 rings (SSSR count). The van der Waals surface area contributed by atoms with Crippen LogP contribution < -0.4 is 24.8 Å². The lowest BCUT2D eigenvalue weighted by Gasteiger charge is -2.21. The first-order valence-corrected chi connectivity index (χ1v) is 10.4. The standard InChI is InChI=1S/C24H26N2O5/c1-16(25-22(27)12-7-17-5-9-19(29-2)10-6-17)23(28)26-18-8-11-20-21(15-18)31-24(30-20)13-3-4-14-24/h5-12,15-16H,3-4,13-14H2,1-2H3,(H,25,27)(H,26,28)/b12-7+.